The van der Waals surface area contributed by atoms with Crippen LogP contribution in [-0.2, 0) is 9.59 Å². The second-order valence-electron chi connectivity index (χ2n) is 4.82. The summed E-state index contributed by atoms with van der Waals surface area (Å²) in [5.41, 5.74) is 0. The molecule has 0 amide bonds. The van der Waals surface area contributed by atoms with E-state index in [0.717, 1.165) is 25.7 Å². The van der Waals surface area contributed by atoms with E-state index in [-0.39, 0.29) is 17.9 Å². The molecule has 0 heterocycles. The van der Waals surface area contributed by atoms with E-state index < -0.39 is 0 Å². The standard InChI is InChI=1S/C15H18O4/c1-11(16)18-13-7-9-14(10-8-13)19-15(17)12-5-3-2-4-6-12/h7-10,12H,2-6H2,1H3. The summed E-state index contributed by atoms with van der Waals surface area (Å²) < 4.78 is 10.2. The van der Waals surface area contributed by atoms with Gasteiger partial charge in [0.25, 0.3) is 0 Å². The highest BCUT2D eigenvalue weighted by Crippen LogP contribution is 2.26. The maximum Gasteiger partial charge on any atom is 0.314 e. The Morgan fingerprint density at radius 1 is 0.947 bits per heavy atom. The van der Waals surface area contributed by atoms with Crippen molar-refractivity contribution in [2.24, 2.45) is 5.92 Å². The van der Waals surface area contributed by atoms with E-state index in [1.165, 1.54) is 13.3 Å². The number of esters is 2. The lowest BCUT2D eigenvalue weighted by molar-refractivity contribution is -0.140. The van der Waals surface area contributed by atoms with Crippen molar-refractivity contribution in [1.29, 1.82) is 0 Å². The average molecular weight is 262 g/mol. The fourth-order valence-electron chi connectivity index (χ4n) is 2.28. The third-order valence-electron chi connectivity index (χ3n) is 3.24. The molecule has 1 aliphatic carbocycles. The van der Waals surface area contributed by atoms with Gasteiger partial charge in [-0.3, -0.25) is 9.59 Å². The predicted octanol–water partition coefficient (Wildman–Crippen LogP) is 3.10. The molecule has 0 aliphatic heterocycles. The van der Waals surface area contributed by atoms with E-state index in [1.54, 1.807) is 24.3 Å². The molecule has 1 fully saturated rings. The van der Waals surface area contributed by atoms with Gasteiger partial charge >= 0.3 is 11.9 Å². The molecule has 102 valence electrons. The second kappa shape index (κ2) is 6.36. The van der Waals surface area contributed by atoms with Crippen LogP contribution in [0.3, 0.4) is 0 Å². The molecule has 4 nitrogen and oxygen atoms in total. The number of carbonyl (C=O) groups is 2. The number of rotatable bonds is 3. The largest absolute Gasteiger partial charge is 0.427 e. The van der Waals surface area contributed by atoms with Crippen LogP contribution in [0, 0.1) is 5.92 Å². The molecule has 0 saturated heterocycles. The maximum absolute atomic E-state index is 11.9. The molecule has 4 heteroatoms. The van der Waals surface area contributed by atoms with Gasteiger partial charge in [0.05, 0.1) is 5.92 Å². The Morgan fingerprint density at radius 2 is 1.47 bits per heavy atom. The predicted molar refractivity (Wildman–Crippen MR) is 70.0 cm³/mol. The molecule has 1 aromatic rings. The summed E-state index contributed by atoms with van der Waals surface area (Å²) in [5.74, 6) is 0.449. The fraction of sp³-hybridized carbons (Fsp3) is 0.467. The van der Waals surface area contributed by atoms with Crippen molar-refractivity contribution in [3.63, 3.8) is 0 Å². The van der Waals surface area contributed by atoms with Crippen molar-refractivity contribution in [3.05, 3.63) is 24.3 Å². The summed E-state index contributed by atoms with van der Waals surface area (Å²) in [6.45, 7) is 1.34. The minimum atomic E-state index is -0.369. The SMILES string of the molecule is CC(=O)Oc1ccc(OC(=O)C2CCCCC2)cc1. The molecule has 0 unspecified atom stereocenters. The summed E-state index contributed by atoms with van der Waals surface area (Å²) in [4.78, 5) is 22.7. The minimum Gasteiger partial charge on any atom is -0.427 e. The maximum atomic E-state index is 11.9. The van der Waals surface area contributed by atoms with Crippen LogP contribution < -0.4 is 9.47 Å². The summed E-state index contributed by atoms with van der Waals surface area (Å²) in [5, 5.41) is 0. The first-order chi connectivity index (χ1) is 9.15. The Hall–Kier alpha value is -1.84. The number of benzene rings is 1. The zero-order chi connectivity index (χ0) is 13.7. The zero-order valence-electron chi connectivity index (χ0n) is 11.1. The van der Waals surface area contributed by atoms with Gasteiger partial charge in [0, 0.05) is 6.92 Å². The van der Waals surface area contributed by atoms with Crippen molar-refractivity contribution >= 4 is 11.9 Å². The van der Waals surface area contributed by atoms with Crippen molar-refractivity contribution in [2.75, 3.05) is 0 Å². The molecule has 0 spiro atoms. The van der Waals surface area contributed by atoms with Crippen LogP contribution in [0.5, 0.6) is 11.5 Å². The number of hydrogen-bond donors (Lipinski definition) is 0. The Morgan fingerprint density at radius 3 is 2.00 bits per heavy atom. The van der Waals surface area contributed by atoms with Crippen molar-refractivity contribution < 1.29 is 19.1 Å². The van der Waals surface area contributed by atoms with Gasteiger partial charge in [0.15, 0.2) is 0 Å². The van der Waals surface area contributed by atoms with Gasteiger partial charge in [0.2, 0.25) is 0 Å². The molecule has 0 aromatic heterocycles. The lowest BCUT2D eigenvalue weighted by Gasteiger charge is -2.19. The van der Waals surface area contributed by atoms with Crippen LogP contribution >= 0.6 is 0 Å². The van der Waals surface area contributed by atoms with Crippen LogP contribution in [0.1, 0.15) is 39.0 Å². The van der Waals surface area contributed by atoms with E-state index in [9.17, 15) is 9.59 Å². The van der Waals surface area contributed by atoms with E-state index in [4.69, 9.17) is 9.47 Å². The van der Waals surface area contributed by atoms with Gasteiger partial charge in [-0.1, -0.05) is 19.3 Å². The zero-order valence-corrected chi connectivity index (χ0v) is 11.1. The highest BCUT2D eigenvalue weighted by Gasteiger charge is 2.22. The Kier molecular flexibility index (Phi) is 4.55. The monoisotopic (exact) mass is 262 g/mol. The molecular weight excluding hydrogens is 244 g/mol. The van der Waals surface area contributed by atoms with Gasteiger partial charge in [0.1, 0.15) is 11.5 Å². The van der Waals surface area contributed by atoms with Gasteiger partial charge < -0.3 is 9.47 Å². The van der Waals surface area contributed by atoms with Crippen LogP contribution in [0.25, 0.3) is 0 Å². The summed E-state index contributed by atoms with van der Waals surface area (Å²) in [6, 6.07) is 6.51. The smallest absolute Gasteiger partial charge is 0.314 e. The topological polar surface area (TPSA) is 52.6 Å². The van der Waals surface area contributed by atoms with E-state index >= 15 is 0 Å². The van der Waals surface area contributed by atoms with Gasteiger partial charge in [-0.05, 0) is 37.1 Å². The summed E-state index contributed by atoms with van der Waals surface area (Å²) in [7, 11) is 0. The molecule has 2 rings (SSSR count). The van der Waals surface area contributed by atoms with Crippen LogP contribution in [-0.4, -0.2) is 11.9 Å². The van der Waals surface area contributed by atoms with E-state index in [1.807, 2.05) is 0 Å². The molecular formula is C15H18O4. The Balaban J connectivity index is 1.91. The van der Waals surface area contributed by atoms with Gasteiger partial charge in [-0.2, -0.15) is 0 Å². The van der Waals surface area contributed by atoms with Crippen LogP contribution in [0.2, 0.25) is 0 Å². The van der Waals surface area contributed by atoms with Crippen molar-refractivity contribution in [2.45, 2.75) is 39.0 Å². The molecule has 19 heavy (non-hydrogen) atoms. The van der Waals surface area contributed by atoms with Gasteiger partial charge in [-0.25, -0.2) is 0 Å². The lowest BCUT2D eigenvalue weighted by Crippen LogP contribution is -2.22. The van der Waals surface area contributed by atoms with Gasteiger partial charge in [-0.15, -0.1) is 0 Å². The van der Waals surface area contributed by atoms with E-state index in [2.05, 4.69) is 0 Å². The minimum absolute atomic E-state index is 0.0295. The summed E-state index contributed by atoms with van der Waals surface area (Å²) in [6.07, 6.45) is 5.26. The van der Waals surface area contributed by atoms with Crippen molar-refractivity contribution in [1.82, 2.24) is 0 Å². The second-order valence-corrected chi connectivity index (χ2v) is 4.82. The summed E-state index contributed by atoms with van der Waals surface area (Å²) >= 11 is 0. The normalized spacial score (nSPS) is 15.8. The average Bonchev–Trinajstić information content (AvgIpc) is 2.41. The first-order valence-electron chi connectivity index (χ1n) is 6.65. The number of hydrogen-bond acceptors (Lipinski definition) is 4. The molecule has 0 bridgehead atoms. The highest BCUT2D eigenvalue weighted by atomic mass is 16.5. The quantitative estimate of drug-likeness (QED) is 0.620. The van der Waals surface area contributed by atoms with E-state index in [0.29, 0.717) is 11.5 Å². The Labute approximate surface area is 112 Å². The molecule has 1 saturated carbocycles. The van der Waals surface area contributed by atoms with Crippen molar-refractivity contribution in [3.8, 4) is 11.5 Å². The first kappa shape index (κ1) is 13.6. The molecule has 0 radical (unpaired) electrons. The molecule has 1 aromatic carbocycles. The molecule has 0 atom stereocenters. The first-order valence-corrected chi connectivity index (χ1v) is 6.65. The van der Waals surface area contributed by atoms with Crippen LogP contribution in [0.4, 0.5) is 0 Å². The number of carbonyl (C=O) groups excluding carboxylic acids is 2. The molecule has 0 N–H and O–H groups in total. The Bertz CT molecular complexity index is 444. The number of ether oxygens (including phenoxy) is 2. The van der Waals surface area contributed by atoms with Crippen LogP contribution in [0.15, 0.2) is 24.3 Å². The third-order valence-corrected chi connectivity index (χ3v) is 3.24. The fourth-order valence-corrected chi connectivity index (χ4v) is 2.28. The third kappa shape index (κ3) is 4.09. The highest BCUT2D eigenvalue weighted by molar-refractivity contribution is 5.75. The molecule has 1 aliphatic rings. The lowest BCUT2D eigenvalue weighted by atomic mass is 9.89.